The van der Waals surface area contributed by atoms with Gasteiger partial charge in [0.15, 0.2) is 0 Å². The van der Waals surface area contributed by atoms with Crippen molar-refractivity contribution in [1.29, 1.82) is 0 Å². The molecule has 0 spiro atoms. The first-order valence-corrected chi connectivity index (χ1v) is 10.7. The number of carbonyl (C=O) groups is 1. The number of rotatable bonds is 3. The molecule has 1 aliphatic heterocycles. The Hall–Kier alpha value is -2.18. The lowest BCUT2D eigenvalue weighted by molar-refractivity contribution is 0.0622. The lowest BCUT2D eigenvalue weighted by Gasteiger charge is -2.34. The van der Waals surface area contributed by atoms with E-state index in [-0.39, 0.29) is 11.3 Å². The van der Waals surface area contributed by atoms with E-state index in [1.807, 2.05) is 17.9 Å². The lowest BCUT2D eigenvalue weighted by Crippen LogP contribution is -2.48. The molecule has 1 saturated heterocycles. The molecular formula is C22H28N4OS. The molecule has 1 N–H and O–H groups in total. The van der Waals surface area contributed by atoms with E-state index in [0.29, 0.717) is 5.69 Å². The molecule has 0 unspecified atom stereocenters. The van der Waals surface area contributed by atoms with Gasteiger partial charge in [0.2, 0.25) is 0 Å². The summed E-state index contributed by atoms with van der Waals surface area (Å²) in [5.41, 5.74) is 4.22. The van der Waals surface area contributed by atoms with E-state index in [1.54, 1.807) is 11.3 Å². The number of aryl methyl sites for hydroxylation is 1. The van der Waals surface area contributed by atoms with Gasteiger partial charge < -0.3 is 9.88 Å². The molecule has 3 aromatic rings. The van der Waals surface area contributed by atoms with Crippen LogP contribution in [0.4, 0.5) is 0 Å². The molecule has 4 rings (SSSR count). The fraction of sp³-hybridized carbons (Fsp3) is 0.455. The van der Waals surface area contributed by atoms with Gasteiger partial charge in [0.05, 0.1) is 10.7 Å². The smallest absolute Gasteiger partial charge is 0.270 e. The van der Waals surface area contributed by atoms with Gasteiger partial charge in [-0.15, -0.1) is 11.3 Å². The van der Waals surface area contributed by atoms with Crippen LogP contribution in [0.5, 0.6) is 0 Å². The van der Waals surface area contributed by atoms with Crippen molar-refractivity contribution >= 4 is 28.1 Å². The molecule has 1 amide bonds. The molecule has 0 bridgehead atoms. The normalized spacial score (nSPS) is 16.1. The average Bonchev–Trinajstić information content (AvgIpc) is 3.26. The van der Waals surface area contributed by atoms with E-state index in [0.717, 1.165) is 54.3 Å². The van der Waals surface area contributed by atoms with Crippen molar-refractivity contribution in [3.63, 3.8) is 0 Å². The van der Waals surface area contributed by atoms with Gasteiger partial charge in [0.1, 0.15) is 5.69 Å². The Balaban J connectivity index is 1.42. The second-order valence-electron chi connectivity index (χ2n) is 8.66. The summed E-state index contributed by atoms with van der Waals surface area (Å²) in [6.07, 6.45) is 0. The van der Waals surface area contributed by atoms with Gasteiger partial charge >= 0.3 is 0 Å². The topological polar surface area (TPSA) is 52.2 Å². The van der Waals surface area contributed by atoms with Crippen LogP contribution in [-0.4, -0.2) is 51.9 Å². The van der Waals surface area contributed by atoms with Crippen LogP contribution < -0.4 is 0 Å². The number of benzene rings is 1. The SMILES string of the molecule is Cc1nc(CN2CCN(C(=O)c3cc4ccc(C(C)(C)C)cc4[nH]3)CC2)cs1. The third kappa shape index (κ3) is 3.98. The van der Waals surface area contributed by atoms with Crippen LogP contribution in [0, 0.1) is 6.92 Å². The Labute approximate surface area is 170 Å². The Kier molecular flexibility index (Phi) is 5.02. The number of nitrogens with zero attached hydrogens (tertiary/aromatic N) is 3. The van der Waals surface area contributed by atoms with E-state index < -0.39 is 0 Å². The molecule has 1 aromatic carbocycles. The minimum absolute atomic E-state index is 0.0929. The summed E-state index contributed by atoms with van der Waals surface area (Å²) in [7, 11) is 0. The van der Waals surface area contributed by atoms with Crippen LogP contribution in [0.1, 0.15) is 47.5 Å². The predicted molar refractivity (Wildman–Crippen MR) is 115 cm³/mol. The summed E-state index contributed by atoms with van der Waals surface area (Å²) < 4.78 is 0. The summed E-state index contributed by atoms with van der Waals surface area (Å²) in [5.74, 6) is 0.0951. The van der Waals surface area contributed by atoms with E-state index in [4.69, 9.17) is 0 Å². The zero-order valence-electron chi connectivity index (χ0n) is 17.1. The number of thiazole rings is 1. The second kappa shape index (κ2) is 7.33. The first-order chi connectivity index (χ1) is 13.3. The number of hydrogen-bond donors (Lipinski definition) is 1. The van der Waals surface area contributed by atoms with Gasteiger partial charge in [-0.3, -0.25) is 9.69 Å². The molecule has 0 atom stereocenters. The highest BCUT2D eigenvalue weighted by Crippen LogP contribution is 2.26. The summed E-state index contributed by atoms with van der Waals surface area (Å²) in [6.45, 7) is 12.8. The number of amides is 1. The number of hydrogen-bond acceptors (Lipinski definition) is 4. The van der Waals surface area contributed by atoms with Gasteiger partial charge in [-0.2, -0.15) is 0 Å². The maximum atomic E-state index is 13.0. The summed E-state index contributed by atoms with van der Waals surface area (Å²) >= 11 is 1.69. The number of aromatic amines is 1. The molecule has 0 radical (unpaired) electrons. The molecule has 148 valence electrons. The molecule has 3 heterocycles. The van der Waals surface area contributed by atoms with Crippen molar-refractivity contribution in [1.82, 2.24) is 19.8 Å². The Bertz CT molecular complexity index is 990. The standard InChI is InChI=1S/C22H28N4OS/c1-15-23-18(14-28-15)13-25-7-9-26(10-8-25)21(27)20-11-16-5-6-17(22(2,3)4)12-19(16)24-20/h5-6,11-12,14,24H,7-10,13H2,1-4H3. The molecule has 1 fully saturated rings. The molecule has 2 aromatic heterocycles. The molecule has 0 saturated carbocycles. The Morgan fingerprint density at radius 1 is 1.18 bits per heavy atom. The summed E-state index contributed by atoms with van der Waals surface area (Å²) in [4.78, 5) is 25.2. The zero-order chi connectivity index (χ0) is 19.9. The van der Waals surface area contributed by atoms with Crippen LogP contribution in [0.3, 0.4) is 0 Å². The van der Waals surface area contributed by atoms with E-state index in [9.17, 15) is 4.79 Å². The van der Waals surface area contributed by atoms with Crippen molar-refractivity contribution in [2.45, 2.75) is 39.7 Å². The predicted octanol–water partition coefficient (Wildman–Crippen LogP) is 4.19. The molecule has 5 nitrogen and oxygen atoms in total. The highest BCUT2D eigenvalue weighted by molar-refractivity contribution is 7.09. The Morgan fingerprint density at radius 3 is 2.57 bits per heavy atom. The third-order valence-electron chi connectivity index (χ3n) is 5.43. The van der Waals surface area contributed by atoms with Gasteiger partial charge in [-0.1, -0.05) is 32.9 Å². The molecular weight excluding hydrogens is 368 g/mol. The van der Waals surface area contributed by atoms with Crippen molar-refractivity contribution in [3.05, 3.63) is 51.6 Å². The number of carbonyl (C=O) groups excluding carboxylic acids is 1. The lowest BCUT2D eigenvalue weighted by atomic mass is 9.87. The average molecular weight is 397 g/mol. The fourth-order valence-corrected chi connectivity index (χ4v) is 4.30. The van der Waals surface area contributed by atoms with Crippen molar-refractivity contribution < 1.29 is 4.79 Å². The minimum Gasteiger partial charge on any atom is -0.351 e. The minimum atomic E-state index is 0.0929. The highest BCUT2D eigenvalue weighted by atomic mass is 32.1. The maximum Gasteiger partial charge on any atom is 0.270 e. The number of nitrogens with one attached hydrogen (secondary N) is 1. The number of H-pyrrole nitrogens is 1. The van der Waals surface area contributed by atoms with Crippen molar-refractivity contribution in [2.75, 3.05) is 26.2 Å². The number of aromatic nitrogens is 2. The van der Waals surface area contributed by atoms with E-state index in [1.165, 1.54) is 5.56 Å². The first kappa shape index (κ1) is 19.2. The van der Waals surface area contributed by atoms with Crippen LogP contribution >= 0.6 is 11.3 Å². The van der Waals surface area contributed by atoms with Gasteiger partial charge in [-0.25, -0.2) is 4.98 Å². The molecule has 6 heteroatoms. The zero-order valence-corrected chi connectivity index (χ0v) is 17.9. The third-order valence-corrected chi connectivity index (χ3v) is 6.25. The first-order valence-electron chi connectivity index (χ1n) is 9.85. The largest absolute Gasteiger partial charge is 0.351 e. The summed E-state index contributed by atoms with van der Waals surface area (Å²) in [5, 5.41) is 4.33. The second-order valence-corrected chi connectivity index (χ2v) is 9.72. The van der Waals surface area contributed by atoms with Crippen LogP contribution in [0.2, 0.25) is 0 Å². The van der Waals surface area contributed by atoms with Gasteiger partial charge in [0, 0.05) is 49.0 Å². The van der Waals surface area contributed by atoms with Crippen LogP contribution in [0.25, 0.3) is 10.9 Å². The Morgan fingerprint density at radius 2 is 1.93 bits per heavy atom. The monoisotopic (exact) mass is 396 g/mol. The molecule has 1 aliphatic rings. The van der Waals surface area contributed by atoms with Crippen LogP contribution in [0.15, 0.2) is 29.6 Å². The summed E-state index contributed by atoms with van der Waals surface area (Å²) in [6, 6.07) is 8.41. The van der Waals surface area contributed by atoms with Gasteiger partial charge in [0.25, 0.3) is 5.91 Å². The number of piperazine rings is 1. The van der Waals surface area contributed by atoms with E-state index >= 15 is 0 Å². The van der Waals surface area contributed by atoms with Crippen molar-refractivity contribution in [3.8, 4) is 0 Å². The van der Waals surface area contributed by atoms with Crippen LogP contribution in [-0.2, 0) is 12.0 Å². The quantitative estimate of drug-likeness (QED) is 0.722. The number of fused-ring (bicyclic) bond motifs is 1. The fourth-order valence-electron chi connectivity index (χ4n) is 3.70. The molecule has 0 aliphatic carbocycles. The molecule has 28 heavy (non-hydrogen) atoms. The van der Waals surface area contributed by atoms with Crippen molar-refractivity contribution in [2.24, 2.45) is 0 Å². The maximum absolute atomic E-state index is 13.0. The highest BCUT2D eigenvalue weighted by Gasteiger charge is 2.24. The van der Waals surface area contributed by atoms with E-state index in [2.05, 4.69) is 59.2 Å². The van der Waals surface area contributed by atoms with Gasteiger partial charge in [-0.05, 0) is 30.0 Å².